The summed E-state index contributed by atoms with van der Waals surface area (Å²) < 4.78 is 1.26. The van der Waals surface area contributed by atoms with E-state index in [1.165, 1.54) is 20.4 Å². The van der Waals surface area contributed by atoms with E-state index in [4.69, 9.17) is 11.6 Å². The maximum Gasteiger partial charge on any atom is 0.0438 e. The van der Waals surface area contributed by atoms with Crippen molar-refractivity contribution in [2.24, 2.45) is 0 Å². The standard InChI is InChI=1S/C15H15ClIN/c1-10-3-4-12(8-14(10)16)9-18-15-6-5-13(17)7-11(15)2/h3-8,18H,9H2,1-2H3. The van der Waals surface area contributed by atoms with Crippen LogP contribution in [-0.4, -0.2) is 0 Å². The van der Waals surface area contributed by atoms with E-state index in [2.05, 4.69) is 65.2 Å². The lowest BCUT2D eigenvalue weighted by Gasteiger charge is -2.10. The van der Waals surface area contributed by atoms with E-state index in [1.54, 1.807) is 0 Å². The van der Waals surface area contributed by atoms with Crippen LogP contribution in [0.15, 0.2) is 36.4 Å². The summed E-state index contributed by atoms with van der Waals surface area (Å²) in [5, 5.41) is 4.27. The average Bonchev–Trinajstić information content (AvgIpc) is 2.32. The van der Waals surface area contributed by atoms with Crippen LogP contribution < -0.4 is 5.32 Å². The van der Waals surface area contributed by atoms with Crippen molar-refractivity contribution in [1.29, 1.82) is 0 Å². The largest absolute Gasteiger partial charge is 0.381 e. The molecule has 0 amide bonds. The Labute approximate surface area is 127 Å². The second-order valence-electron chi connectivity index (χ2n) is 4.40. The van der Waals surface area contributed by atoms with Crippen LogP contribution in [-0.2, 0) is 6.54 Å². The van der Waals surface area contributed by atoms with Crippen molar-refractivity contribution in [3.05, 3.63) is 61.7 Å². The van der Waals surface area contributed by atoms with Crippen LogP contribution in [0.2, 0.25) is 5.02 Å². The lowest BCUT2D eigenvalue weighted by atomic mass is 10.1. The smallest absolute Gasteiger partial charge is 0.0438 e. The molecule has 2 aromatic rings. The summed E-state index contributed by atoms with van der Waals surface area (Å²) in [6.45, 7) is 4.93. The molecule has 2 aromatic carbocycles. The molecule has 0 aliphatic carbocycles. The van der Waals surface area contributed by atoms with Gasteiger partial charge in [-0.1, -0.05) is 23.7 Å². The summed E-state index contributed by atoms with van der Waals surface area (Å²) in [6.07, 6.45) is 0. The molecule has 0 unspecified atom stereocenters. The van der Waals surface area contributed by atoms with Crippen LogP contribution in [0.1, 0.15) is 16.7 Å². The van der Waals surface area contributed by atoms with Gasteiger partial charge >= 0.3 is 0 Å². The summed E-state index contributed by atoms with van der Waals surface area (Å²) in [4.78, 5) is 0. The van der Waals surface area contributed by atoms with Crippen molar-refractivity contribution in [2.45, 2.75) is 20.4 Å². The normalized spacial score (nSPS) is 10.4. The van der Waals surface area contributed by atoms with Crippen molar-refractivity contribution in [1.82, 2.24) is 0 Å². The predicted octanol–water partition coefficient (Wildman–Crippen LogP) is 5.17. The van der Waals surface area contributed by atoms with Gasteiger partial charge in [0, 0.05) is 20.8 Å². The Morgan fingerprint density at radius 1 is 1.06 bits per heavy atom. The highest BCUT2D eigenvalue weighted by Crippen LogP contribution is 2.20. The van der Waals surface area contributed by atoms with Gasteiger partial charge in [0.15, 0.2) is 0 Å². The van der Waals surface area contributed by atoms with E-state index >= 15 is 0 Å². The molecule has 0 radical (unpaired) electrons. The Bertz CT molecular complexity index is 566. The van der Waals surface area contributed by atoms with Crippen molar-refractivity contribution >= 4 is 39.9 Å². The van der Waals surface area contributed by atoms with Crippen LogP contribution in [0.5, 0.6) is 0 Å². The first-order valence-corrected chi connectivity index (χ1v) is 7.27. The first-order chi connectivity index (χ1) is 8.56. The summed E-state index contributed by atoms with van der Waals surface area (Å²) in [5.41, 5.74) is 4.75. The number of hydrogen-bond donors (Lipinski definition) is 1. The highest BCUT2D eigenvalue weighted by Gasteiger charge is 2.01. The fourth-order valence-corrected chi connectivity index (χ4v) is 2.62. The number of benzene rings is 2. The minimum atomic E-state index is 0.793. The monoisotopic (exact) mass is 371 g/mol. The zero-order chi connectivity index (χ0) is 13.1. The van der Waals surface area contributed by atoms with Gasteiger partial charge in [-0.25, -0.2) is 0 Å². The Morgan fingerprint density at radius 3 is 2.50 bits per heavy atom. The fourth-order valence-electron chi connectivity index (χ4n) is 1.77. The second-order valence-corrected chi connectivity index (χ2v) is 6.05. The van der Waals surface area contributed by atoms with E-state index in [-0.39, 0.29) is 0 Å². The Kier molecular flexibility index (Phi) is 4.51. The predicted molar refractivity (Wildman–Crippen MR) is 87.4 cm³/mol. The highest BCUT2D eigenvalue weighted by molar-refractivity contribution is 14.1. The molecule has 0 saturated carbocycles. The topological polar surface area (TPSA) is 12.0 Å². The van der Waals surface area contributed by atoms with Crippen LogP contribution in [0, 0.1) is 17.4 Å². The molecule has 0 spiro atoms. The van der Waals surface area contributed by atoms with Crippen molar-refractivity contribution in [3.8, 4) is 0 Å². The minimum absolute atomic E-state index is 0.793. The number of aryl methyl sites for hydroxylation is 2. The summed E-state index contributed by atoms with van der Waals surface area (Å²) in [6, 6.07) is 12.6. The highest BCUT2D eigenvalue weighted by atomic mass is 127. The van der Waals surface area contributed by atoms with Crippen molar-refractivity contribution in [2.75, 3.05) is 5.32 Å². The van der Waals surface area contributed by atoms with Gasteiger partial charge in [0.2, 0.25) is 0 Å². The molecule has 0 heterocycles. The molecule has 0 aromatic heterocycles. The Hall–Kier alpha value is -0.740. The molecule has 3 heteroatoms. The zero-order valence-electron chi connectivity index (χ0n) is 10.4. The summed E-state index contributed by atoms with van der Waals surface area (Å²) in [7, 11) is 0. The second kappa shape index (κ2) is 5.93. The molecule has 0 fully saturated rings. The number of anilines is 1. The van der Waals surface area contributed by atoms with Gasteiger partial charge in [-0.15, -0.1) is 0 Å². The van der Waals surface area contributed by atoms with E-state index < -0.39 is 0 Å². The van der Waals surface area contributed by atoms with E-state index in [1.807, 2.05) is 13.0 Å². The molecule has 1 nitrogen and oxygen atoms in total. The number of halogens is 2. The lowest BCUT2D eigenvalue weighted by Crippen LogP contribution is -2.01. The maximum absolute atomic E-state index is 6.12. The van der Waals surface area contributed by atoms with Crippen molar-refractivity contribution in [3.63, 3.8) is 0 Å². The van der Waals surface area contributed by atoms with Gasteiger partial charge in [0.05, 0.1) is 0 Å². The van der Waals surface area contributed by atoms with Gasteiger partial charge in [0.1, 0.15) is 0 Å². The molecule has 0 atom stereocenters. The molecule has 18 heavy (non-hydrogen) atoms. The lowest BCUT2D eigenvalue weighted by molar-refractivity contribution is 1.13. The Morgan fingerprint density at radius 2 is 1.83 bits per heavy atom. The van der Waals surface area contributed by atoms with Gasteiger partial charge in [-0.05, 0) is 77.4 Å². The SMILES string of the molecule is Cc1ccc(CNc2ccc(I)cc2C)cc1Cl. The van der Waals surface area contributed by atoms with Crippen LogP contribution in [0.3, 0.4) is 0 Å². The molecule has 0 bridgehead atoms. The third-order valence-corrected chi connectivity index (χ3v) is 3.99. The number of nitrogens with one attached hydrogen (secondary N) is 1. The zero-order valence-corrected chi connectivity index (χ0v) is 13.3. The van der Waals surface area contributed by atoms with Gasteiger partial charge in [0.25, 0.3) is 0 Å². The van der Waals surface area contributed by atoms with Gasteiger partial charge in [-0.3, -0.25) is 0 Å². The number of hydrogen-bond acceptors (Lipinski definition) is 1. The minimum Gasteiger partial charge on any atom is -0.381 e. The van der Waals surface area contributed by atoms with E-state index in [9.17, 15) is 0 Å². The molecule has 2 rings (SSSR count). The maximum atomic E-state index is 6.12. The molecule has 0 saturated heterocycles. The van der Waals surface area contributed by atoms with Gasteiger partial charge < -0.3 is 5.32 Å². The molecular weight excluding hydrogens is 357 g/mol. The van der Waals surface area contributed by atoms with Crippen molar-refractivity contribution < 1.29 is 0 Å². The van der Waals surface area contributed by atoms with E-state index in [0.29, 0.717) is 0 Å². The van der Waals surface area contributed by atoms with Crippen LogP contribution in [0.4, 0.5) is 5.69 Å². The average molecular weight is 372 g/mol. The van der Waals surface area contributed by atoms with Gasteiger partial charge in [-0.2, -0.15) is 0 Å². The third-order valence-electron chi connectivity index (χ3n) is 2.91. The summed E-state index contributed by atoms with van der Waals surface area (Å²) in [5.74, 6) is 0. The van der Waals surface area contributed by atoms with Crippen LogP contribution in [0.25, 0.3) is 0 Å². The fraction of sp³-hybridized carbons (Fsp3) is 0.200. The quantitative estimate of drug-likeness (QED) is 0.734. The van der Waals surface area contributed by atoms with E-state index in [0.717, 1.165) is 17.1 Å². The third kappa shape index (κ3) is 3.39. The molecule has 0 aliphatic heterocycles. The Balaban J connectivity index is 2.09. The summed E-state index contributed by atoms with van der Waals surface area (Å²) >= 11 is 8.44. The first-order valence-electron chi connectivity index (χ1n) is 5.81. The molecule has 1 N–H and O–H groups in total. The first kappa shape index (κ1) is 13.7. The molecular formula is C15H15ClIN. The number of rotatable bonds is 3. The van der Waals surface area contributed by atoms with Crippen LogP contribution >= 0.6 is 34.2 Å². The molecule has 0 aliphatic rings. The molecule has 94 valence electrons.